The number of rotatable bonds is 7. The van der Waals surface area contributed by atoms with Gasteiger partial charge in [0.2, 0.25) is 0 Å². The summed E-state index contributed by atoms with van der Waals surface area (Å²) in [6.45, 7) is 0.0996. The van der Waals surface area contributed by atoms with E-state index in [4.69, 9.17) is 9.15 Å². The van der Waals surface area contributed by atoms with Crippen LogP contribution in [0.5, 0.6) is 0 Å². The lowest BCUT2D eigenvalue weighted by atomic mass is 10.3. The van der Waals surface area contributed by atoms with Gasteiger partial charge < -0.3 is 18.8 Å². The third-order valence-corrected chi connectivity index (χ3v) is 2.72. The van der Waals surface area contributed by atoms with Gasteiger partial charge in [0, 0.05) is 12.1 Å². The van der Waals surface area contributed by atoms with Gasteiger partial charge in [-0.05, 0) is 12.1 Å². The standard InChI is InChI=1S/C13H14N2O6/c16-11(8-20-9-12-2-1-5-21-12)7-14-6-10(15(18)19)3-4-13(14)17/h1-6,11,16H,7-9H2/t11-/m0/s1. The summed E-state index contributed by atoms with van der Waals surface area (Å²) >= 11 is 0. The van der Waals surface area contributed by atoms with Crippen molar-refractivity contribution >= 4 is 5.69 Å². The Hall–Kier alpha value is -2.45. The maximum absolute atomic E-state index is 11.6. The number of hydrogen-bond acceptors (Lipinski definition) is 6. The predicted molar refractivity (Wildman–Crippen MR) is 71.7 cm³/mol. The largest absolute Gasteiger partial charge is 0.467 e. The number of ether oxygens (including phenoxy) is 1. The Morgan fingerprint density at radius 3 is 2.90 bits per heavy atom. The van der Waals surface area contributed by atoms with Crippen LogP contribution in [0.3, 0.4) is 0 Å². The number of nitrogens with zero attached hydrogens (tertiary/aromatic N) is 2. The first kappa shape index (κ1) is 14.9. The molecule has 2 heterocycles. The molecule has 0 spiro atoms. The van der Waals surface area contributed by atoms with Gasteiger partial charge in [-0.15, -0.1) is 0 Å². The number of aliphatic hydroxyl groups excluding tert-OH is 1. The van der Waals surface area contributed by atoms with E-state index >= 15 is 0 Å². The van der Waals surface area contributed by atoms with E-state index in [9.17, 15) is 20.0 Å². The molecule has 1 atom stereocenters. The van der Waals surface area contributed by atoms with Crippen LogP contribution < -0.4 is 5.56 Å². The predicted octanol–water partition coefficient (Wildman–Crippen LogP) is 0.927. The Morgan fingerprint density at radius 1 is 1.43 bits per heavy atom. The monoisotopic (exact) mass is 294 g/mol. The summed E-state index contributed by atoms with van der Waals surface area (Å²) in [6.07, 6.45) is 1.65. The highest BCUT2D eigenvalue weighted by atomic mass is 16.6. The molecule has 0 fully saturated rings. The highest BCUT2D eigenvalue weighted by Gasteiger charge is 2.11. The van der Waals surface area contributed by atoms with Crippen molar-refractivity contribution in [3.8, 4) is 0 Å². The Morgan fingerprint density at radius 2 is 2.24 bits per heavy atom. The van der Waals surface area contributed by atoms with E-state index in [1.54, 1.807) is 12.1 Å². The molecule has 0 aliphatic heterocycles. The quantitative estimate of drug-likeness (QED) is 0.601. The minimum atomic E-state index is -0.959. The molecule has 112 valence electrons. The first-order chi connectivity index (χ1) is 10.1. The fourth-order valence-electron chi connectivity index (χ4n) is 1.74. The van der Waals surface area contributed by atoms with Crippen molar-refractivity contribution < 1.29 is 19.2 Å². The summed E-state index contributed by atoms with van der Waals surface area (Å²) in [4.78, 5) is 21.6. The van der Waals surface area contributed by atoms with Gasteiger partial charge in [-0.3, -0.25) is 14.9 Å². The molecule has 8 nitrogen and oxygen atoms in total. The van der Waals surface area contributed by atoms with Gasteiger partial charge in [0.15, 0.2) is 0 Å². The molecule has 0 bridgehead atoms. The van der Waals surface area contributed by atoms with E-state index in [1.807, 2.05) is 0 Å². The van der Waals surface area contributed by atoms with Gasteiger partial charge in [0.05, 0.1) is 36.6 Å². The SMILES string of the molecule is O=c1ccc([N+](=O)[O-])cn1C[C@H](O)COCc1ccco1. The molecule has 8 heteroatoms. The zero-order valence-corrected chi connectivity index (χ0v) is 11.0. The fourth-order valence-corrected chi connectivity index (χ4v) is 1.74. The minimum Gasteiger partial charge on any atom is -0.467 e. The second-order valence-corrected chi connectivity index (χ2v) is 4.38. The van der Waals surface area contributed by atoms with E-state index in [-0.39, 0.29) is 25.4 Å². The topological polar surface area (TPSA) is 108 Å². The van der Waals surface area contributed by atoms with Crippen LogP contribution in [0.15, 0.2) is 45.9 Å². The van der Waals surface area contributed by atoms with E-state index in [0.717, 1.165) is 22.9 Å². The number of aromatic nitrogens is 1. The van der Waals surface area contributed by atoms with Crippen molar-refractivity contribution in [3.05, 3.63) is 63.0 Å². The van der Waals surface area contributed by atoms with Crippen molar-refractivity contribution in [3.63, 3.8) is 0 Å². The first-order valence-corrected chi connectivity index (χ1v) is 6.19. The lowest BCUT2D eigenvalue weighted by Crippen LogP contribution is -2.28. The van der Waals surface area contributed by atoms with Crippen molar-refractivity contribution in [2.45, 2.75) is 19.3 Å². The second-order valence-electron chi connectivity index (χ2n) is 4.38. The number of hydrogen-bond donors (Lipinski definition) is 1. The van der Waals surface area contributed by atoms with E-state index < -0.39 is 16.6 Å². The first-order valence-electron chi connectivity index (χ1n) is 6.19. The summed E-state index contributed by atoms with van der Waals surface area (Å²) in [7, 11) is 0. The van der Waals surface area contributed by atoms with E-state index in [2.05, 4.69) is 0 Å². The molecular weight excluding hydrogens is 280 g/mol. The smallest absolute Gasteiger partial charge is 0.285 e. The molecule has 0 aliphatic carbocycles. The molecular formula is C13H14N2O6. The Kier molecular flexibility index (Phi) is 4.85. The normalized spacial score (nSPS) is 12.2. The fraction of sp³-hybridized carbons (Fsp3) is 0.308. The van der Waals surface area contributed by atoms with Gasteiger partial charge in [-0.25, -0.2) is 0 Å². The summed E-state index contributed by atoms with van der Waals surface area (Å²) in [5.74, 6) is 0.620. The van der Waals surface area contributed by atoms with Crippen molar-refractivity contribution in [2.75, 3.05) is 6.61 Å². The molecule has 2 aromatic rings. The van der Waals surface area contributed by atoms with Gasteiger partial charge >= 0.3 is 0 Å². The molecule has 0 saturated carbocycles. The zero-order valence-electron chi connectivity index (χ0n) is 11.0. The van der Waals surface area contributed by atoms with E-state index in [1.165, 1.54) is 6.26 Å². The molecule has 2 aromatic heterocycles. The number of aliphatic hydroxyl groups is 1. The molecule has 0 aromatic carbocycles. The average molecular weight is 294 g/mol. The summed E-state index contributed by atoms with van der Waals surface area (Å²) < 4.78 is 11.4. The maximum Gasteiger partial charge on any atom is 0.285 e. The molecule has 1 N–H and O–H groups in total. The third-order valence-electron chi connectivity index (χ3n) is 2.72. The van der Waals surface area contributed by atoms with Crippen molar-refractivity contribution in [1.82, 2.24) is 4.57 Å². The van der Waals surface area contributed by atoms with Crippen LogP contribution in [0.25, 0.3) is 0 Å². The second kappa shape index (κ2) is 6.82. The molecule has 21 heavy (non-hydrogen) atoms. The van der Waals surface area contributed by atoms with Gasteiger partial charge in [-0.2, -0.15) is 0 Å². The maximum atomic E-state index is 11.6. The number of furan rings is 1. The van der Waals surface area contributed by atoms with Gasteiger partial charge in [0.25, 0.3) is 11.2 Å². The van der Waals surface area contributed by atoms with Gasteiger partial charge in [0.1, 0.15) is 12.4 Å². The molecule has 0 unspecified atom stereocenters. The lowest BCUT2D eigenvalue weighted by molar-refractivity contribution is -0.385. The minimum absolute atomic E-state index is 0.0180. The van der Waals surface area contributed by atoms with Crippen LogP contribution in [0, 0.1) is 10.1 Å². The Balaban J connectivity index is 1.89. The number of pyridine rings is 1. The van der Waals surface area contributed by atoms with Crippen LogP contribution in [-0.4, -0.2) is 27.3 Å². The Bertz CT molecular complexity index is 649. The average Bonchev–Trinajstić information content (AvgIpc) is 2.94. The highest BCUT2D eigenvalue weighted by Crippen LogP contribution is 2.07. The summed E-state index contributed by atoms with van der Waals surface area (Å²) in [5.41, 5.74) is -0.635. The third kappa shape index (κ3) is 4.26. The molecule has 2 rings (SSSR count). The Labute approximate surface area is 119 Å². The summed E-state index contributed by atoms with van der Waals surface area (Å²) in [5, 5.41) is 20.4. The molecule has 0 saturated heterocycles. The number of nitro groups is 1. The zero-order chi connectivity index (χ0) is 15.2. The van der Waals surface area contributed by atoms with Gasteiger partial charge in [-0.1, -0.05) is 0 Å². The molecule has 0 radical (unpaired) electrons. The summed E-state index contributed by atoms with van der Waals surface area (Å²) in [6, 6.07) is 5.67. The van der Waals surface area contributed by atoms with Crippen LogP contribution in [-0.2, 0) is 17.9 Å². The van der Waals surface area contributed by atoms with Crippen molar-refractivity contribution in [1.29, 1.82) is 0 Å². The van der Waals surface area contributed by atoms with Crippen LogP contribution >= 0.6 is 0 Å². The molecule has 0 amide bonds. The van der Waals surface area contributed by atoms with Crippen LogP contribution in [0.4, 0.5) is 5.69 Å². The van der Waals surface area contributed by atoms with Crippen LogP contribution in [0.1, 0.15) is 5.76 Å². The van der Waals surface area contributed by atoms with Crippen LogP contribution in [0.2, 0.25) is 0 Å². The van der Waals surface area contributed by atoms with E-state index in [0.29, 0.717) is 5.76 Å². The molecule has 0 aliphatic rings. The highest BCUT2D eigenvalue weighted by molar-refractivity contribution is 5.24. The van der Waals surface area contributed by atoms with Crippen molar-refractivity contribution in [2.24, 2.45) is 0 Å². The lowest BCUT2D eigenvalue weighted by Gasteiger charge is -2.12.